The predicted molar refractivity (Wildman–Crippen MR) is 126 cm³/mol. The van der Waals surface area contributed by atoms with Gasteiger partial charge in [-0.3, -0.25) is 14.4 Å². The molecule has 0 aliphatic rings. The number of unbranched alkanes of at least 4 members (excludes halogenated alkanes) is 1. The van der Waals surface area contributed by atoms with E-state index in [0.717, 1.165) is 24.0 Å². The molecule has 1 rings (SSSR count). The van der Waals surface area contributed by atoms with Crippen molar-refractivity contribution >= 4 is 23.8 Å². The Bertz CT molecular complexity index is 863. The molecule has 0 aliphatic carbocycles. The number of hydrogen-bond donors (Lipinski definition) is 3. The monoisotopic (exact) mass is 462 g/mol. The fourth-order valence-corrected chi connectivity index (χ4v) is 3.30. The van der Waals surface area contributed by atoms with Crippen LogP contribution in [0.3, 0.4) is 0 Å². The van der Waals surface area contributed by atoms with Crippen LogP contribution in [-0.4, -0.2) is 54.0 Å². The van der Waals surface area contributed by atoms with Gasteiger partial charge in [-0.25, -0.2) is 4.79 Å². The minimum Gasteiger partial charge on any atom is -0.444 e. The van der Waals surface area contributed by atoms with E-state index in [1.807, 2.05) is 32.9 Å². The van der Waals surface area contributed by atoms with Crippen molar-refractivity contribution in [3.63, 3.8) is 0 Å². The summed E-state index contributed by atoms with van der Waals surface area (Å²) in [6.07, 6.45) is 0.419. The first-order valence-electron chi connectivity index (χ1n) is 11.2. The van der Waals surface area contributed by atoms with Gasteiger partial charge in [0.1, 0.15) is 17.7 Å². The van der Waals surface area contributed by atoms with Gasteiger partial charge in [0.2, 0.25) is 17.7 Å². The molecule has 2 atom stereocenters. The maximum Gasteiger partial charge on any atom is 0.408 e. The molecule has 0 saturated carbocycles. The van der Waals surface area contributed by atoms with Gasteiger partial charge >= 0.3 is 6.09 Å². The summed E-state index contributed by atoms with van der Waals surface area (Å²) in [6.45, 7) is 11.3. The lowest BCUT2D eigenvalue weighted by Gasteiger charge is -2.32. The zero-order chi connectivity index (χ0) is 25.3. The van der Waals surface area contributed by atoms with Crippen LogP contribution in [0.15, 0.2) is 18.2 Å². The average Bonchev–Trinajstić information content (AvgIpc) is 2.68. The summed E-state index contributed by atoms with van der Waals surface area (Å²) in [7, 11) is 1.47. The molecule has 0 saturated heterocycles. The standard InChI is InChI=1S/C24H38N4O5/c1-8-9-13-26-21(30)20(17-12-10-11-15(2)16(17)3)28(7)22(31)18(14-19(25)29)27-23(32)33-24(4,5)6/h10-12,18,20H,8-9,13-14H2,1-7H3,(H2,25,29)(H,26,30)(H,27,32). The molecule has 9 nitrogen and oxygen atoms in total. The van der Waals surface area contributed by atoms with Crippen molar-refractivity contribution in [1.82, 2.24) is 15.5 Å². The van der Waals surface area contributed by atoms with Gasteiger partial charge in [0.05, 0.1) is 6.42 Å². The number of carbonyl (C=O) groups is 4. The van der Waals surface area contributed by atoms with Crippen LogP contribution in [0.4, 0.5) is 4.79 Å². The second kappa shape index (κ2) is 12.2. The number of hydrogen-bond acceptors (Lipinski definition) is 5. The van der Waals surface area contributed by atoms with Gasteiger partial charge in [0, 0.05) is 13.6 Å². The maximum absolute atomic E-state index is 13.4. The van der Waals surface area contributed by atoms with E-state index >= 15 is 0 Å². The lowest BCUT2D eigenvalue weighted by molar-refractivity contribution is -0.141. The van der Waals surface area contributed by atoms with E-state index in [1.54, 1.807) is 26.8 Å². The van der Waals surface area contributed by atoms with Crippen molar-refractivity contribution < 1.29 is 23.9 Å². The molecule has 0 spiro atoms. The summed E-state index contributed by atoms with van der Waals surface area (Å²) in [5, 5.41) is 5.30. The van der Waals surface area contributed by atoms with Crippen LogP contribution < -0.4 is 16.4 Å². The Hall–Kier alpha value is -3.10. The first-order valence-corrected chi connectivity index (χ1v) is 11.2. The Balaban J connectivity index is 3.29. The second-order valence-electron chi connectivity index (χ2n) is 9.15. The minimum atomic E-state index is -1.28. The Labute approximate surface area is 196 Å². The van der Waals surface area contributed by atoms with Crippen molar-refractivity contribution in [3.8, 4) is 0 Å². The Morgan fingerprint density at radius 3 is 2.33 bits per heavy atom. The number of primary amides is 1. The van der Waals surface area contributed by atoms with Gasteiger partial charge in [-0.2, -0.15) is 0 Å². The van der Waals surface area contributed by atoms with Gasteiger partial charge in [-0.05, 0) is 57.7 Å². The van der Waals surface area contributed by atoms with Crippen LogP contribution in [-0.2, 0) is 19.1 Å². The van der Waals surface area contributed by atoms with Crippen LogP contribution in [0.1, 0.15) is 69.7 Å². The summed E-state index contributed by atoms with van der Waals surface area (Å²) in [6, 6.07) is 3.30. The highest BCUT2D eigenvalue weighted by atomic mass is 16.6. The molecule has 9 heteroatoms. The summed E-state index contributed by atoms with van der Waals surface area (Å²) < 4.78 is 5.22. The van der Waals surface area contributed by atoms with Crippen molar-refractivity contribution in [2.24, 2.45) is 5.73 Å². The van der Waals surface area contributed by atoms with Crippen molar-refractivity contribution in [1.29, 1.82) is 0 Å². The molecule has 0 aromatic heterocycles. The van der Waals surface area contributed by atoms with E-state index in [0.29, 0.717) is 12.1 Å². The van der Waals surface area contributed by atoms with E-state index in [2.05, 4.69) is 10.6 Å². The molecule has 4 N–H and O–H groups in total. The maximum atomic E-state index is 13.4. The first kappa shape index (κ1) is 27.9. The summed E-state index contributed by atoms with van der Waals surface area (Å²) >= 11 is 0. The summed E-state index contributed by atoms with van der Waals surface area (Å²) in [5.41, 5.74) is 7.04. The van der Waals surface area contributed by atoms with E-state index in [9.17, 15) is 19.2 Å². The molecular formula is C24H38N4O5. The number of likely N-dealkylation sites (N-methyl/N-ethyl adjacent to an activating group) is 1. The van der Waals surface area contributed by atoms with Crippen LogP contribution in [0.25, 0.3) is 0 Å². The lowest BCUT2D eigenvalue weighted by atomic mass is 9.95. The normalized spacial score (nSPS) is 12.9. The van der Waals surface area contributed by atoms with E-state index in [4.69, 9.17) is 10.5 Å². The molecule has 0 heterocycles. The molecule has 2 unspecified atom stereocenters. The van der Waals surface area contributed by atoms with Gasteiger partial charge in [0.25, 0.3) is 0 Å². The van der Waals surface area contributed by atoms with Crippen LogP contribution in [0.5, 0.6) is 0 Å². The Morgan fingerprint density at radius 2 is 1.79 bits per heavy atom. The number of rotatable bonds is 10. The van der Waals surface area contributed by atoms with Crippen LogP contribution >= 0.6 is 0 Å². The zero-order valence-electron chi connectivity index (χ0n) is 20.8. The molecule has 0 radical (unpaired) electrons. The number of nitrogens with two attached hydrogens (primary N) is 1. The largest absolute Gasteiger partial charge is 0.444 e. The average molecular weight is 463 g/mol. The number of carbonyl (C=O) groups excluding carboxylic acids is 4. The SMILES string of the molecule is CCCCNC(=O)C(c1cccc(C)c1C)N(C)C(=O)C(CC(N)=O)NC(=O)OC(C)(C)C. The Kier molecular flexibility index (Phi) is 10.3. The third-order valence-electron chi connectivity index (χ3n) is 5.15. The smallest absolute Gasteiger partial charge is 0.408 e. The molecule has 0 bridgehead atoms. The molecule has 184 valence electrons. The highest BCUT2D eigenvalue weighted by molar-refractivity contribution is 5.94. The number of nitrogens with one attached hydrogen (secondary N) is 2. The lowest BCUT2D eigenvalue weighted by Crippen LogP contribution is -2.53. The van der Waals surface area contributed by atoms with Gasteiger partial charge < -0.3 is 26.0 Å². The van der Waals surface area contributed by atoms with Gasteiger partial charge in [0.15, 0.2) is 0 Å². The first-order chi connectivity index (χ1) is 15.3. The number of aryl methyl sites for hydroxylation is 1. The quantitative estimate of drug-likeness (QED) is 0.460. The van der Waals surface area contributed by atoms with E-state index in [-0.39, 0.29) is 5.91 Å². The number of nitrogens with zero attached hydrogens (tertiary/aromatic N) is 1. The number of alkyl carbamates (subject to hydrolysis) is 1. The van der Waals surface area contributed by atoms with Gasteiger partial charge in [-0.15, -0.1) is 0 Å². The summed E-state index contributed by atoms with van der Waals surface area (Å²) in [5.74, 6) is -1.74. The number of benzene rings is 1. The van der Waals surface area contributed by atoms with E-state index in [1.165, 1.54) is 11.9 Å². The van der Waals surface area contributed by atoms with Gasteiger partial charge in [-0.1, -0.05) is 31.5 Å². The highest BCUT2D eigenvalue weighted by Crippen LogP contribution is 2.26. The van der Waals surface area contributed by atoms with Crippen LogP contribution in [0.2, 0.25) is 0 Å². The fourth-order valence-electron chi connectivity index (χ4n) is 3.30. The van der Waals surface area contributed by atoms with Crippen molar-refractivity contribution in [2.45, 2.75) is 78.5 Å². The van der Waals surface area contributed by atoms with Crippen molar-refractivity contribution in [2.75, 3.05) is 13.6 Å². The topological polar surface area (TPSA) is 131 Å². The second-order valence-corrected chi connectivity index (χ2v) is 9.15. The third-order valence-corrected chi connectivity index (χ3v) is 5.15. The minimum absolute atomic E-state index is 0.344. The summed E-state index contributed by atoms with van der Waals surface area (Å²) in [4.78, 5) is 51.7. The molecule has 0 fully saturated rings. The molecule has 33 heavy (non-hydrogen) atoms. The Morgan fingerprint density at radius 1 is 1.15 bits per heavy atom. The number of ether oxygens (including phenoxy) is 1. The molecule has 0 aliphatic heterocycles. The van der Waals surface area contributed by atoms with E-state index < -0.39 is 42.0 Å². The fraction of sp³-hybridized carbons (Fsp3) is 0.583. The molecular weight excluding hydrogens is 424 g/mol. The highest BCUT2D eigenvalue weighted by Gasteiger charge is 2.35. The van der Waals surface area contributed by atoms with Crippen molar-refractivity contribution in [3.05, 3.63) is 34.9 Å². The van der Waals surface area contributed by atoms with Crippen LogP contribution in [0, 0.1) is 13.8 Å². The molecule has 4 amide bonds. The number of amides is 4. The molecule has 1 aromatic rings. The third kappa shape index (κ3) is 8.75. The predicted octanol–water partition coefficient (Wildman–Crippen LogP) is 2.49. The molecule has 1 aromatic carbocycles. The zero-order valence-corrected chi connectivity index (χ0v) is 20.8.